The van der Waals surface area contributed by atoms with Crippen LogP contribution < -0.4 is 0 Å². The summed E-state index contributed by atoms with van der Waals surface area (Å²) in [7, 11) is -8.86. The fourth-order valence-corrected chi connectivity index (χ4v) is 6.81. The molecule has 5 nitrogen and oxygen atoms in total. The highest BCUT2D eigenvalue weighted by Gasteiger charge is 2.38. The van der Waals surface area contributed by atoms with Gasteiger partial charge >= 0.3 is 0 Å². The zero-order valence-electron chi connectivity index (χ0n) is 15.0. The first-order chi connectivity index (χ1) is 13.7. The Labute approximate surface area is 174 Å². The molecule has 0 bridgehead atoms. The van der Waals surface area contributed by atoms with Crippen molar-refractivity contribution < 1.29 is 21.2 Å². The Kier molecular flexibility index (Phi) is 6.38. The van der Waals surface area contributed by atoms with E-state index in [0.717, 1.165) is 0 Å². The van der Waals surface area contributed by atoms with E-state index < -0.39 is 37.8 Å². The molecule has 0 aliphatic rings. The summed E-state index contributed by atoms with van der Waals surface area (Å²) >= 11 is 6.35. The Morgan fingerprint density at radius 3 is 1.55 bits per heavy atom. The van der Waals surface area contributed by atoms with E-state index in [1.54, 1.807) is 12.1 Å². The maximum atomic E-state index is 13.2. The van der Waals surface area contributed by atoms with E-state index in [2.05, 4.69) is 0 Å². The molecule has 0 amide bonds. The van der Waals surface area contributed by atoms with Gasteiger partial charge in [0.1, 0.15) is 5.82 Å². The van der Waals surface area contributed by atoms with Crippen LogP contribution in [0.1, 0.15) is 10.9 Å². The molecule has 9 heteroatoms. The van der Waals surface area contributed by atoms with Crippen LogP contribution in [0.25, 0.3) is 0 Å². The highest BCUT2D eigenvalue weighted by molar-refractivity contribution is 8.04. The Hall–Kier alpha value is -2.26. The third kappa shape index (κ3) is 4.67. The normalized spacial score (nSPS) is 13.3. The summed E-state index contributed by atoms with van der Waals surface area (Å²) in [6, 6.07) is 19.6. The summed E-state index contributed by atoms with van der Waals surface area (Å²) in [5, 5.41) is -1.02. The SMILES string of the molecule is O=S(=O)(c1ccccc1)N(CC(Cl)c1ccc(F)cc1)S(=O)(=O)c1ccccc1. The van der Waals surface area contributed by atoms with Gasteiger partial charge in [-0.2, -0.15) is 0 Å². The highest BCUT2D eigenvalue weighted by Crippen LogP contribution is 2.30. The predicted molar refractivity (Wildman–Crippen MR) is 109 cm³/mol. The molecule has 0 aromatic heterocycles. The van der Waals surface area contributed by atoms with Crippen LogP contribution in [0.4, 0.5) is 4.39 Å². The summed E-state index contributed by atoms with van der Waals surface area (Å²) in [6.45, 7) is -0.554. The van der Waals surface area contributed by atoms with Gasteiger partial charge in [-0.3, -0.25) is 0 Å². The average molecular weight is 454 g/mol. The van der Waals surface area contributed by atoms with Gasteiger partial charge in [-0.05, 0) is 42.0 Å². The minimum atomic E-state index is -4.43. The van der Waals surface area contributed by atoms with Gasteiger partial charge < -0.3 is 0 Å². The molecule has 3 aromatic carbocycles. The number of benzene rings is 3. The first-order valence-electron chi connectivity index (χ1n) is 8.50. The van der Waals surface area contributed by atoms with Gasteiger partial charge in [0.25, 0.3) is 20.0 Å². The average Bonchev–Trinajstić information content (AvgIpc) is 2.73. The minimum absolute atomic E-state index is 0.178. The van der Waals surface area contributed by atoms with Crippen LogP contribution in [-0.4, -0.2) is 27.1 Å². The van der Waals surface area contributed by atoms with Crippen molar-refractivity contribution in [3.8, 4) is 0 Å². The molecular formula is C20H17ClFNO4S2. The first kappa shape index (κ1) is 21.4. The summed E-state index contributed by atoms with van der Waals surface area (Å²) in [6.07, 6.45) is 0. The van der Waals surface area contributed by atoms with Crippen molar-refractivity contribution in [2.24, 2.45) is 0 Å². The number of hydrogen-bond acceptors (Lipinski definition) is 4. The molecule has 0 aliphatic heterocycles. The second-order valence-electron chi connectivity index (χ2n) is 6.11. The lowest BCUT2D eigenvalue weighted by atomic mass is 10.1. The van der Waals surface area contributed by atoms with Gasteiger partial charge in [0.05, 0.1) is 21.7 Å². The smallest absolute Gasteiger partial charge is 0.207 e. The van der Waals surface area contributed by atoms with Crippen LogP contribution in [0.5, 0.6) is 0 Å². The lowest BCUT2D eigenvalue weighted by molar-refractivity contribution is 0.494. The zero-order valence-corrected chi connectivity index (χ0v) is 17.4. The molecule has 0 saturated carbocycles. The summed E-state index contributed by atoms with van der Waals surface area (Å²) in [5.74, 6) is -0.483. The van der Waals surface area contributed by atoms with E-state index in [0.29, 0.717) is 9.27 Å². The number of rotatable bonds is 7. The summed E-state index contributed by atoms with van der Waals surface area (Å²) in [5.41, 5.74) is 0.393. The lowest BCUT2D eigenvalue weighted by Crippen LogP contribution is -2.39. The van der Waals surface area contributed by atoms with E-state index in [1.807, 2.05) is 0 Å². The van der Waals surface area contributed by atoms with E-state index >= 15 is 0 Å². The van der Waals surface area contributed by atoms with Gasteiger partial charge in [-0.15, -0.1) is 11.6 Å². The number of hydrogen-bond donors (Lipinski definition) is 0. The Balaban J connectivity index is 2.08. The standard InChI is InChI=1S/C20H17ClFNO4S2/c21-20(16-11-13-17(22)14-12-16)15-23(28(24,25)18-7-3-1-4-8-18)29(26,27)19-9-5-2-6-10-19/h1-14,20H,15H2. The molecule has 0 heterocycles. The molecule has 29 heavy (non-hydrogen) atoms. The van der Waals surface area contributed by atoms with Crippen molar-refractivity contribution in [3.63, 3.8) is 0 Å². The summed E-state index contributed by atoms with van der Waals surface area (Å²) in [4.78, 5) is -0.357. The Bertz CT molecular complexity index is 1100. The van der Waals surface area contributed by atoms with E-state index in [9.17, 15) is 21.2 Å². The molecule has 0 saturated heterocycles. The van der Waals surface area contributed by atoms with Crippen LogP contribution in [0.15, 0.2) is 94.7 Å². The zero-order chi connectivity index (χ0) is 21.1. The largest absolute Gasteiger partial charge is 0.256 e. The monoisotopic (exact) mass is 453 g/mol. The van der Waals surface area contributed by atoms with E-state index in [-0.39, 0.29) is 9.79 Å². The first-order valence-corrected chi connectivity index (χ1v) is 11.8. The van der Waals surface area contributed by atoms with E-state index in [4.69, 9.17) is 11.6 Å². The molecule has 0 aliphatic carbocycles. The second kappa shape index (κ2) is 8.62. The molecule has 0 radical (unpaired) electrons. The molecule has 0 N–H and O–H groups in total. The number of halogens is 2. The molecule has 1 atom stereocenters. The van der Waals surface area contributed by atoms with Gasteiger partial charge in [0.15, 0.2) is 0 Å². The Morgan fingerprint density at radius 1 is 0.724 bits per heavy atom. The highest BCUT2D eigenvalue weighted by atomic mass is 35.5. The van der Waals surface area contributed by atoms with Gasteiger partial charge in [-0.25, -0.2) is 21.2 Å². The molecule has 1 unspecified atom stereocenters. The van der Waals surface area contributed by atoms with Crippen molar-refractivity contribution in [3.05, 3.63) is 96.3 Å². The number of alkyl halides is 1. The van der Waals surface area contributed by atoms with Crippen molar-refractivity contribution in [2.45, 2.75) is 15.2 Å². The predicted octanol–water partition coefficient (Wildman–Crippen LogP) is 4.19. The van der Waals surface area contributed by atoms with Crippen LogP contribution in [0, 0.1) is 5.82 Å². The second-order valence-corrected chi connectivity index (χ2v) is 10.6. The van der Waals surface area contributed by atoms with Gasteiger partial charge in [-0.1, -0.05) is 52.2 Å². The fourth-order valence-electron chi connectivity index (χ4n) is 2.65. The molecular weight excluding hydrogens is 437 g/mol. The third-order valence-electron chi connectivity index (χ3n) is 4.16. The van der Waals surface area contributed by atoms with Crippen LogP contribution in [-0.2, 0) is 20.0 Å². The van der Waals surface area contributed by atoms with Crippen molar-refractivity contribution in [1.29, 1.82) is 0 Å². The molecule has 152 valence electrons. The molecule has 3 aromatic rings. The van der Waals surface area contributed by atoms with Gasteiger partial charge in [0, 0.05) is 0 Å². The quantitative estimate of drug-likeness (QED) is 0.503. The van der Waals surface area contributed by atoms with Crippen LogP contribution in [0.2, 0.25) is 0 Å². The Morgan fingerprint density at radius 2 is 1.14 bits per heavy atom. The van der Waals surface area contributed by atoms with Crippen molar-refractivity contribution >= 4 is 31.6 Å². The van der Waals surface area contributed by atoms with Crippen molar-refractivity contribution in [2.75, 3.05) is 6.54 Å². The van der Waals surface area contributed by atoms with Crippen LogP contribution in [0.3, 0.4) is 0 Å². The maximum absolute atomic E-state index is 13.2. The van der Waals surface area contributed by atoms with E-state index in [1.165, 1.54) is 72.8 Å². The lowest BCUT2D eigenvalue weighted by Gasteiger charge is -2.24. The van der Waals surface area contributed by atoms with Crippen molar-refractivity contribution in [1.82, 2.24) is 3.71 Å². The fraction of sp³-hybridized carbons (Fsp3) is 0.100. The number of nitrogens with zero attached hydrogens (tertiary/aromatic N) is 1. The molecule has 0 fully saturated rings. The topological polar surface area (TPSA) is 71.5 Å². The molecule has 0 spiro atoms. The minimum Gasteiger partial charge on any atom is -0.207 e. The molecule has 3 rings (SSSR count). The third-order valence-corrected chi connectivity index (χ3v) is 8.83. The maximum Gasteiger partial charge on any atom is 0.256 e. The van der Waals surface area contributed by atoms with Crippen LogP contribution >= 0.6 is 11.6 Å². The number of sulfonamides is 2. The van der Waals surface area contributed by atoms with Gasteiger partial charge in [0.2, 0.25) is 0 Å². The summed E-state index contributed by atoms with van der Waals surface area (Å²) < 4.78 is 66.4.